The van der Waals surface area contributed by atoms with E-state index in [1.54, 1.807) is 0 Å². The Morgan fingerprint density at radius 3 is 2.06 bits per heavy atom. The van der Waals surface area contributed by atoms with Gasteiger partial charge >= 0.3 is 0 Å². The molecule has 0 radical (unpaired) electrons. The van der Waals surface area contributed by atoms with Crippen molar-refractivity contribution in [3.05, 3.63) is 35.9 Å². The van der Waals surface area contributed by atoms with Crippen molar-refractivity contribution in [3.8, 4) is 0 Å². The molecule has 1 saturated heterocycles. The van der Waals surface area contributed by atoms with Crippen molar-refractivity contribution in [2.24, 2.45) is 0 Å². The minimum absolute atomic E-state index is 0.754. The van der Waals surface area contributed by atoms with Gasteiger partial charge in [-0.05, 0) is 12.0 Å². The molecule has 0 unspecified atom stereocenters. The molecule has 0 amide bonds. The van der Waals surface area contributed by atoms with Gasteiger partial charge in [0.15, 0.2) is 0 Å². The number of piperazine rings is 1. The molecule has 1 aromatic rings. The van der Waals surface area contributed by atoms with Crippen LogP contribution in [0.1, 0.15) is 5.56 Å². The Morgan fingerprint density at radius 1 is 0.882 bits per heavy atom. The lowest BCUT2D eigenvalue weighted by atomic mass is 10.1. The van der Waals surface area contributed by atoms with Crippen molar-refractivity contribution >= 4 is 11.6 Å². The maximum absolute atomic E-state index is 5.76. The van der Waals surface area contributed by atoms with Crippen LogP contribution in [0.25, 0.3) is 0 Å². The van der Waals surface area contributed by atoms with Gasteiger partial charge < -0.3 is 4.90 Å². The van der Waals surface area contributed by atoms with Gasteiger partial charge in [-0.25, -0.2) is 0 Å². The van der Waals surface area contributed by atoms with Crippen molar-refractivity contribution in [2.75, 3.05) is 45.1 Å². The van der Waals surface area contributed by atoms with Crippen LogP contribution in [0, 0.1) is 0 Å². The molecule has 0 saturated carbocycles. The summed E-state index contributed by atoms with van der Waals surface area (Å²) in [6.07, 6.45) is 1.16. The number of hydrogen-bond donors (Lipinski definition) is 0. The third-order valence-corrected chi connectivity index (χ3v) is 3.59. The zero-order valence-electron chi connectivity index (χ0n) is 10.3. The van der Waals surface area contributed by atoms with Crippen LogP contribution >= 0.6 is 11.6 Å². The molecule has 0 atom stereocenters. The number of halogens is 1. The molecule has 0 aliphatic carbocycles. The quantitative estimate of drug-likeness (QED) is 0.741. The highest BCUT2D eigenvalue weighted by molar-refractivity contribution is 6.18. The average Bonchev–Trinajstić information content (AvgIpc) is 2.40. The third-order valence-electron chi connectivity index (χ3n) is 3.43. The Balaban J connectivity index is 1.68. The van der Waals surface area contributed by atoms with Gasteiger partial charge in [-0.1, -0.05) is 30.3 Å². The second-order valence-electron chi connectivity index (χ2n) is 4.61. The first kappa shape index (κ1) is 12.9. The average molecular weight is 253 g/mol. The van der Waals surface area contributed by atoms with Gasteiger partial charge in [0.2, 0.25) is 0 Å². The number of rotatable bonds is 5. The minimum Gasteiger partial charge on any atom is -0.300 e. The second kappa shape index (κ2) is 7.00. The monoisotopic (exact) mass is 252 g/mol. The van der Waals surface area contributed by atoms with E-state index in [2.05, 4.69) is 40.1 Å². The van der Waals surface area contributed by atoms with E-state index in [0.717, 1.165) is 18.8 Å². The molecule has 1 aromatic carbocycles. The maximum atomic E-state index is 5.76. The number of nitrogens with zero attached hydrogens (tertiary/aromatic N) is 2. The lowest BCUT2D eigenvalue weighted by molar-refractivity contribution is 0.139. The summed E-state index contributed by atoms with van der Waals surface area (Å²) in [5.41, 5.74) is 1.44. The highest BCUT2D eigenvalue weighted by Gasteiger charge is 2.15. The fraction of sp³-hybridized carbons (Fsp3) is 0.571. The predicted molar refractivity (Wildman–Crippen MR) is 73.7 cm³/mol. The van der Waals surface area contributed by atoms with Crippen LogP contribution in [0.15, 0.2) is 30.3 Å². The van der Waals surface area contributed by atoms with E-state index in [1.165, 1.54) is 38.3 Å². The highest BCUT2D eigenvalue weighted by atomic mass is 35.5. The summed E-state index contributed by atoms with van der Waals surface area (Å²) in [6, 6.07) is 10.7. The minimum atomic E-state index is 0.754. The van der Waals surface area contributed by atoms with Gasteiger partial charge in [0.1, 0.15) is 0 Å². The third kappa shape index (κ3) is 4.30. The van der Waals surface area contributed by atoms with Crippen molar-refractivity contribution in [2.45, 2.75) is 6.42 Å². The summed E-state index contributed by atoms with van der Waals surface area (Å²) >= 11 is 5.76. The Kier molecular flexibility index (Phi) is 5.30. The molecule has 1 aliphatic heterocycles. The molecule has 2 rings (SSSR count). The first-order valence-corrected chi connectivity index (χ1v) is 6.96. The molecule has 0 N–H and O–H groups in total. The van der Waals surface area contributed by atoms with Gasteiger partial charge in [-0.2, -0.15) is 0 Å². The van der Waals surface area contributed by atoms with Crippen molar-refractivity contribution < 1.29 is 0 Å². The summed E-state index contributed by atoms with van der Waals surface area (Å²) in [6.45, 7) is 6.92. The molecular weight excluding hydrogens is 232 g/mol. The van der Waals surface area contributed by atoms with Crippen LogP contribution in [-0.2, 0) is 6.42 Å². The Hall–Kier alpha value is -0.570. The molecular formula is C14H21ClN2. The molecule has 0 bridgehead atoms. The van der Waals surface area contributed by atoms with Crippen LogP contribution in [0.3, 0.4) is 0 Å². The molecule has 1 aliphatic rings. The zero-order chi connectivity index (χ0) is 11.9. The van der Waals surface area contributed by atoms with E-state index >= 15 is 0 Å². The lowest BCUT2D eigenvalue weighted by Gasteiger charge is -2.34. The smallest absolute Gasteiger partial charge is 0.0351 e. The van der Waals surface area contributed by atoms with Crippen molar-refractivity contribution in [1.29, 1.82) is 0 Å². The summed E-state index contributed by atoms with van der Waals surface area (Å²) in [7, 11) is 0. The Morgan fingerprint density at radius 2 is 1.47 bits per heavy atom. The molecule has 1 heterocycles. The topological polar surface area (TPSA) is 6.48 Å². The van der Waals surface area contributed by atoms with Crippen LogP contribution in [0.2, 0.25) is 0 Å². The second-order valence-corrected chi connectivity index (χ2v) is 4.99. The first-order chi connectivity index (χ1) is 8.38. The molecule has 94 valence electrons. The lowest BCUT2D eigenvalue weighted by Crippen LogP contribution is -2.47. The number of benzene rings is 1. The predicted octanol–water partition coefficient (Wildman–Crippen LogP) is 2.09. The van der Waals surface area contributed by atoms with Crippen molar-refractivity contribution in [1.82, 2.24) is 9.80 Å². The molecule has 3 heteroatoms. The van der Waals surface area contributed by atoms with Crippen LogP contribution < -0.4 is 0 Å². The largest absolute Gasteiger partial charge is 0.300 e. The van der Waals surface area contributed by atoms with Crippen LogP contribution in [0.4, 0.5) is 0 Å². The summed E-state index contributed by atoms with van der Waals surface area (Å²) < 4.78 is 0. The van der Waals surface area contributed by atoms with Gasteiger partial charge in [0, 0.05) is 45.1 Å². The standard InChI is InChI=1S/C14H21ClN2/c15-7-9-17-12-10-16(11-13-17)8-6-14-4-2-1-3-5-14/h1-5H,6-13H2. The Labute approximate surface area is 109 Å². The summed E-state index contributed by atoms with van der Waals surface area (Å²) in [5, 5.41) is 0. The molecule has 17 heavy (non-hydrogen) atoms. The Bertz CT molecular complexity index is 307. The van der Waals surface area contributed by atoms with Gasteiger partial charge in [0.25, 0.3) is 0 Å². The van der Waals surface area contributed by atoms with E-state index in [-0.39, 0.29) is 0 Å². The van der Waals surface area contributed by atoms with E-state index in [9.17, 15) is 0 Å². The normalized spacial score (nSPS) is 18.4. The van der Waals surface area contributed by atoms with Crippen LogP contribution in [0.5, 0.6) is 0 Å². The van der Waals surface area contributed by atoms with E-state index in [4.69, 9.17) is 11.6 Å². The first-order valence-electron chi connectivity index (χ1n) is 6.43. The molecule has 1 fully saturated rings. The number of hydrogen-bond acceptors (Lipinski definition) is 2. The fourth-order valence-corrected chi connectivity index (χ4v) is 2.53. The van der Waals surface area contributed by atoms with Gasteiger partial charge in [0.05, 0.1) is 0 Å². The van der Waals surface area contributed by atoms with E-state index in [0.29, 0.717) is 0 Å². The van der Waals surface area contributed by atoms with Gasteiger partial charge in [-0.3, -0.25) is 4.90 Å². The number of alkyl halides is 1. The van der Waals surface area contributed by atoms with E-state index in [1.807, 2.05) is 0 Å². The van der Waals surface area contributed by atoms with Gasteiger partial charge in [-0.15, -0.1) is 11.6 Å². The van der Waals surface area contributed by atoms with Crippen LogP contribution in [-0.4, -0.2) is 54.9 Å². The molecule has 0 spiro atoms. The molecule has 2 nitrogen and oxygen atoms in total. The van der Waals surface area contributed by atoms with E-state index < -0.39 is 0 Å². The highest BCUT2D eigenvalue weighted by Crippen LogP contribution is 2.05. The van der Waals surface area contributed by atoms with Crippen molar-refractivity contribution in [3.63, 3.8) is 0 Å². The molecule has 0 aromatic heterocycles. The summed E-state index contributed by atoms with van der Waals surface area (Å²) in [4.78, 5) is 5.00. The summed E-state index contributed by atoms with van der Waals surface area (Å²) in [5.74, 6) is 0.754. The zero-order valence-corrected chi connectivity index (χ0v) is 11.1. The fourth-order valence-electron chi connectivity index (χ4n) is 2.29. The SMILES string of the molecule is ClCCN1CCN(CCc2ccccc2)CC1. The maximum Gasteiger partial charge on any atom is 0.0351 e.